The van der Waals surface area contributed by atoms with Crippen molar-refractivity contribution in [2.24, 2.45) is 5.92 Å². The van der Waals surface area contributed by atoms with Gasteiger partial charge in [-0.3, -0.25) is 14.6 Å². The summed E-state index contributed by atoms with van der Waals surface area (Å²) in [6.45, 7) is 4.44. The third kappa shape index (κ3) is 1.99. The molecule has 1 N–H and O–H groups in total. The zero-order valence-electron chi connectivity index (χ0n) is 10.3. The van der Waals surface area contributed by atoms with Crippen molar-refractivity contribution in [3.05, 3.63) is 46.2 Å². The van der Waals surface area contributed by atoms with Crippen LogP contribution in [0.25, 0.3) is 11.3 Å². The molecule has 0 spiro atoms. The molecule has 4 heteroatoms. The monoisotopic (exact) mass is 244 g/mol. The molecule has 1 aromatic heterocycles. The predicted molar refractivity (Wildman–Crippen MR) is 69.5 cm³/mol. The average Bonchev–Trinajstić information content (AvgIpc) is 2.65. The number of aromatic nitrogens is 2. The lowest BCUT2D eigenvalue weighted by Crippen LogP contribution is -2.32. The minimum atomic E-state index is -0.0477. The van der Waals surface area contributed by atoms with Crippen molar-refractivity contribution in [3.63, 3.8) is 0 Å². The second kappa shape index (κ2) is 4.46. The Kier molecular flexibility index (Phi) is 2.80. The van der Waals surface area contributed by atoms with Gasteiger partial charge in [0.05, 0.1) is 18.9 Å². The number of H-pyrrole nitrogens is 1. The fourth-order valence-corrected chi connectivity index (χ4v) is 2.30. The van der Waals surface area contributed by atoms with Crippen LogP contribution in [0.5, 0.6) is 0 Å². The van der Waals surface area contributed by atoms with Gasteiger partial charge in [0.15, 0.2) is 0 Å². The lowest BCUT2D eigenvalue weighted by Gasteiger charge is -2.26. The van der Waals surface area contributed by atoms with Crippen LogP contribution in [0.2, 0.25) is 0 Å². The number of benzene rings is 1. The minimum absolute atomic E-state index is 0.0477. The topological polar surface area (TPSA) is 47.0 Å². The van der Waals surface area contributed by atoms with Gasteiger partial charge < -0.3 is 4.74 Å². The van der Waals surface area contributed by atoms with Gasteiger partial charge in [0, 0.05) is 24.1 Å². The fraction of sp³-hybridized carbons (Fsp3) is 0.357. The van der Waals surface area contributed by atoms with E-state index in [1.807, 2.05) is 22.9 Å². The number of aryl methyl sites for hydroxylation is 1. The molecule has 1 aromatic carbocycles. The summed E-state index contributed by atoms with van der Waals surface area (Å²) in [6.07, 6.45) is 0. The van der Waals surface area contributed by atoms with Gasteiger partial charge in [-0.05, 0) is 12.5 Å². The summed E-state index contributed by atoms with van der Waals surface area (Å²) >= 11 is 0. The Bertz CT molecular complexity index is 608. The van der Waals surface area contributed by atoms with Gasteiger partial charge in [-0.15, -0.1) is 0 Å². The molecule has 0 aliphatic carbocycles. The van der Waals surface area contributed by atoms with Crippen molar-refractivity contribution in [2.75, 3.05) is 13.2 Å². The highest BCUT2D eigenvalue weighted by Crippen LogP contribution is 2.23. The number of nitrogens with zero attached hydrogens (tertiary/aromatic N) is 1. The molecule has 1 aliphatic rings. The van der Waals surface area contributed by atoms with Crippen LogP contribution in [0.4, 0.5) is 0 Å². The first-order valence-corrected chi connectivity index (χ1v) is 6.17. The van der Waals surface area contributed by atoms with Gasteiger partial charge in [-0.1, -0.05) is 24.3 Å². The predicted octanol–water partition coefficient (Wildman–Crippen LogP) is 1.80. The number of aromatic amines is 1. The second-order valence-corrected chi connectivity index (χ2v) is 4.83. The SMILES string of the molecule is Cc1ccccc1-c1cc(=O)[nH]n1CC1COC1. The summed E-state index contributed by atoms with van der Waals surface area (Å²) in [4.78, 5) is 11.6. The molecule has 1 fully saturated rings. The van der Waals surface area contributed by atoms with Crippen molar-refractivity contribution in [2.45, 2.75) is 13.5 Å². The average molecular weight is 244 g/mol. The van der Waals surface area contributed by atoms with Gasteiger partial charge in [-0.25, -0.2) is 0 Å². The molecule has 2 heterocycles. The number of ether oxygens (including phenoxy) is 1. The van der Waals surface area contributed by atoms with Crippen LogP contribution >= 0.6 is 0 Å². The maximum atomic E-state index is 11.6. The lowest BCUT2D eigenvalue weighted by atomic mass is 10.0. The summed E-state index contributed by atoms with van der Waals surface area (Å²) in [5.74, 6) is 0.510. The highest BCUT2D eigenvalue weighted by Gasteiger charge is 2.20. The summed E-state index contributed by atoms with van der Waals surface area (Å²) in [7, 11) is 0. The molecule has 4 nitrogen and oxygen atoms in total. The molecule has 1 aliphatic heterocycles. The second-order valence-electron chi connectivity index (χ2n) is 4.83. The first-order valence-electron chi connectivity index (χ1n) is 6.17. The molecular formula is C14H16N2O2. The lowest BCUT2D eigenvalue weighted by molar-refractivity contribution is -0.0406. The maximum absolute atomic E-state index is 11.6. The van der Waals surface area contributed by atoms with Crippen LogP contribution in [-0.2, 0) is 11.3 Å². The Morgan fingerprint density at radius 3 is 2.83 bits per heavy atom. The van der Waals surface area contributed by atoms with E-state index in [4.69, 9.17) is 4.74 Å². The Balaban J connectivity index is 2.00. The van der Waals surface area contributed by atoms with Gasteiger partial charge in [0.1, 0.15) is 0 Å². The summed E-state index contributed by atoms with van der Waals surface area (Å²) < 4.78 is 7.12. The Hall–Kier alpha value is -1.81. The minimum Gasteiger partial charge on any atom is -0.381 e. The highest BCUT2D eigenvalue weighted by atomic mass is 16.5. The molecule has 18 heavy (non-hydrogen) atoms. The quantitative estimate of drug-likeness (QED) is 0.895. The summed E-state index contributed by atoms with van der Waals surface area (Å²) in [5, 5.41) is 2.88. The number of hydrogen-bond acceptors (Lipinski definition) is 2. The summed E-state index contributed by atoms with van der Waals surface area (Å²) in [5.41, 5.74) is 3.20. The van der Waals surface area contributed by atoms with Gasteiger partial charge in [0.25, 0.3) is 5.56 Å². The van der Waals surface area contributed by atoms with E-state index in [0.717, 1.165) is 31.0 Å². The van der Waals surface area contributed by atoms with Gasteiger partial charge in [0.2, 0.25) is 0 Å². The zero-order chi connectivity index (χ0) is 12.5. The Morgan fingerprint density at radius 2 is 2.17 bits per heavy atom. The van der Waals surface area contributed by atoms with Crippen molar-refractivity contribution < 1.29 is 4.74 Å². The van der Waals surface area contributed by atoms with Gasteiger partial charge >= 0.3 is 0 Å². The fourth-order valence-electron chi connectivity index (χ4n) is 2.30. The molecule has 0 radical (unpaired) electrons. The number of hydrogen-bond donors (Lipinski definition) is 1. The molecule has 3 rings (SSSR count). The molecule has 2 aromatic rings. The van der Waals surface area contributed by atoms with Crippen molar-refractivity contribution >= 4 is 0 Å². The normalized spacial score (nSPS) is 15.6. The van der Waals surface area contributed by atoms with Crippen molar-refractivity contribution in [3.8, 4) is 11.3 Å². The van der Waals surface area contributed by atoms with Crippen LogP contribution in [0, 0.1) is 12.8 Å². The Labute approximate surface area is 105 Å². The molecule has 0 saturated carbocycles. The van der Waals surface area contributed by atoms with E-state index < -0.39 is 0 Å². The molecule has 94 valence electrons. The first kappa shape index (κ1) is 11.3. The highest BCUT2D eigenvalue weighted by molar-refractivity contribution is 5.63. The largest absolute Gasteiger partial charge is 0.381 e. The van der Waals surface area contributed by atoms with Crippen LogP contribution < -0.4 is 5.56 Å². The third-order valence-corrected chi connectivity index (χ3v) is 3.37. The maximum Gasteiger partial charge on any atom is 0.264 e. The zero-order valence-corrected chi connectivity index (χ0v) is 10.3. The number of nitrogens with one attached hydrogen (secondary N) is 1. The summed E-state index contributed by atoms with van der Waals surface area (Å²) in [6, 6.07) is 9.78. The van der Waals surface area contributed by atoms with E-state index in [-0.39, 0.29) is 5.56 Å². The molecule has 0 unspecified atom stereocenters. The Morgan fingerprint density at radius 1 is 1.39 bits per heavy atom. The van der Waals surface area contributed by atoms with E-state index in [1.165, 1.54) is 5.56 Å². The molecule has 0 amide bonds. The van der Waals surface area contributed by atoms with Gasteiger partial charge in [-0.2, -0.15) is 0 Å². The molecule has 0 bridgehead atoms. The molecule has 0 atom stereocenters. The standard InChI is InChI=1S/C14H16N2O2/c1-10-4-2-3-5-12(10)13-6-14(17)15-16(13)7-11-8-18-9-11/h2-6,11H,7-9H2,1H3,(H,15,17). The van der Waals surface area contributed by atoms with Crippen LogP contribution in [0.3, 0.4) is 0 Å². The van der Waals surface area contributed by atoms with E-state index >= 15 is 0 Å². The van der Waals surface area contributed by atoms with Crippen LogP contribution in [0.1, 0.15) is 5.56 Å². The van der Waals surface area contributed by atoms with E-state index in [1.54, 1.807) is 6.07 Å². The van der Waals surface area contributed by atoms with E-state index in [0.29, 0.717) is 5.92 Å². The van der Waals surface area contributed by atoms with E-state index in [2.05, 4.69) is 18.1 Å². The first-order chi connectivity index (χ1) is 8.74. The smallest absolute Gasteiger partial charge is 0.264 e. The van der Waals surface area contributed by atoms with Crippen molar-refractivity contribution in [1.29, 1.82) is 0 Å². The van der Waals surface area contributed by atoms with Crippen LogP contribution in [-0.4, -0.2) is 23.0 Å². The third-order valence-electron chi connectivity index (χ3n) is 3.37. The molecule has 1 saturated heterocycles. The van der Waals surface area contributed by atoms with Crippen molar-refractivity contribution in [1.82, 2.24) is 9.78 Å². The number of rotatable bonds is 3. The van der Waals surface area contributed by atoms with E-state index in [9.17, 15) is 4.79 Å². The van der Waals surface area contributed by atoms with Crippen LogP contribution in [0.15, 0.2) is 35.1 Å². The molecular weight excluding hydrogens is 228 g/mol.